The normalized spacial score (nSPS) is 23.1. The number of hydrogen-bond donors (Lipinski definition) is 0. The quantitative estimate of drug-likeness (QED) is 0.806. The maximum absolute atomic E-state index is 5.67. The zero-order valence-corrected chi connectivity index (χ0v) is 12.6. The fourth-order valence-electron chi connectivity index (χ4n) is 3.31. The van der Waals surface area contributed by atoms with Gasteiger partial charge in [0.15, 0.2) is 0 Å². The summed E-state index contributed by atoms with van der Waals surface area (Å²) in [7, 11) is 0. The van der Waals surface area contributed by atoms with Crippen molar-refractivity contribution in [2.24, 2.45) is 0 Å². The molecule has 0 aliphatic carbocycles. The van der Waals surface area contributed by atoms with Crippen LogP contribution >= 0.6 is 0 Å². The number of pyridine rings is 1. The minimum absolute atomic E-state index is 0.381. The van der Waals surface area contributed by atoms with Crippen LogP contribution in [-0.4, -0.2) is 17.7 Å². The lowest BCUT2D eigenvalue weighted by atomic mass is 9.87. The molecule has 1 aromatic carbocycles. The molecule has 0 N–H and O–H groups in total. The summed E-state index contributed by atoms with van der Waals surface area (Å²) in [4.78, 5) is 4.66. The number of nitrogens with zero attached hydrogens (tertiary/aromatic N) is 1. The fraction of sp³-hybridized carbons (Fsp3) is 0.500. The SMILES string of the molecule is CCc1cc(C)nc2ccc(C3CCOC(C)C3)cc12. The lowest BCUT2D eigenvalue weighted by molar-refractivity contribution is 0.0186. The maximum Gasteiger partial charge on any atom is 0.0708 e. The third-order valence-electron chi connectivity index (χ3n) is 4.38. The second-order valence-electron chi connectivity index (χ2n) is 5.96. The first-order valence-electron chi connectivity index (χ1n) is 7.69. The van der Waals surface area contributed by atoms with Gasteiger partial charge >= 0.3 is 0 Å². The van der Waals surface area contributed by atoms with E-state index in [0.717, 1.165) is 37.1 Å². The number of aryl methyl sites for hydroxylation is 2. The van der Waals surface area contributed by atoms with Crippen LogP contribution in [0.3, 0.4) is 0 Å². The van der Waals surface area contributed by atoms with E-state index in [-0.39, 0.29) is 0 Å². The first kappa shape index (κ1) is 13.6. The number of aromatic nitrogens is 1. The molecule has 0 saturated carbocycles. The van der Waals surface area contributed by atoms with Gasteiger partial charge in [0.25, 0.3) is 0 Å². The van der Waals surface area contributed by atoms with Crippen molar-refractivity contribution in [3.63, 3.8) is 0 Å². The molecule has 0 amide bonds. The molecule has 1 saturated heterocycles. The zero-order valence-electron chi connectivity index (χ0n) is 12.6. The second kappa shape index (κ2) is 5.53. The van der Waals surface area contributed by atoms with Gasteiger partial charge in [0.1, 0.15) is 0 Å². The van der Waals surface area contributed by atoms with Crippen LogP contribution in [0.15, 0.2) is 24.3 Å². The van der Waals surface area contributed by atoms with Crippen LogP contribution < -0.4 is 0 Å². The van der Waals surface area contributed by atoms with Crippen molar-refractivity contribution in [2.75, 3.05) is 6.61 Å². The number of hydrogen-bond acceptors (Lipinski definition) is 2. The number of ether oxygens (including phenoxy) is 1. The van der Waals surface area contributed by atoms with Gasteiger partial charge in [-0.3, -0.25) is 4.98 Å². The van der Waals surface area contributed by atoms with Crippen molar-refractivity contribution >= 4 is 10.9 Å². The molecule has 106 valence electrons. The highest BCUT2D eigenvalue weighted by atomic mass is 16.5. The lowest BCUT2D eigenvalue weighted by Crippen LogP contribution is -2.21. The Morgan fingerprint density at radius 1 is 1.30 bits per heavy atom. The van der Waals surface area contributed by atoms with Crippen LogP contribution in [0, 0.1) is 6.92 Å². The van der Waals surface area contributed by atoms with Crippen molar-refractivity contribution < 1.29 is 4.74 Å². The van der Waals surface area contributed by atoms with Crippen molar-refractivity contribution in [1.82, 2.24) is 4.98 Å². The highest BCUT2D eigenvalue weighted by Gasteiger charge is 2.21. The maximum atomic E-state index is 5.67. The molecular formula is C18H23NO. The van der Waals surface area contributed by atoms with Gasteiger partial charge in [0.05, 0.1) is 11.6 Å². The average Bonchev–Trinajstić information content (AvgIpc) is 2.46. The molecule has 2 nitrogen and oxygen atoms in total. The first-order chi connectivity index (χ1) is 9.67. The Hall–Kier alpha value is -1.41. The van der Waals surface area contributed by atoms with E-state index in [0.29, 0.717) is 12.0 Å². The summed E-state index contributed by atoms with van der Waals surface area (Å²) in [6.07, 6.45) is 3.71. The zero-order chi connectivity index (χ0) is 14.1. The van der Waals surface area contributed by atoms with Crippen LogP contribution in [-0.2, 0) is 11.2 Å². The minimum atomic E-state index is 0.381. The lowest BCUT2D eigenvalue weighted by Gasteiger charge is -2.27. The number of benzene rings is 1. The molecule has 3 rings (SSSR count). The average molecular weight is 269 g/mol. The molecule has 2 unspecified atom stereocenters. The van der Waals surface area contributed by atoms with Crippen LogP contribution in [0.2, 0.25) is 0 Å². The molecule has 0 bridgehead atoms. The van der Waals surface area contributed by atoms with Crippen LogP contribution in [0.5, 0.6) is 0 Å². The summed E-state index contributed by atoms with van der Waals surface area (Å²) < 4.78 is 5.67. The molecule has 1 aromatic heterocycles. The van der Waals surface area contributed by atoms with Crippen molar-refractivity contribution in [1.29, 1.82) is 0 Å². The molecule has 2 heteroatoms. The van der Waals surface area contributed by atoms with E-state index >= 15 is 0 Å². The molecule has 2 aromatic rings. The summed E-state index contributed by atoms with van der Waals surface area (Å²) in [6, 6.07) is 9.04. The van der Waals surface area contributed by atoms with E-state index in [4.69, 9.17) is 4.74 Å². The van der Waals surface area contributed by atoms with Gasteiger partial charge < -0.3 is 4.74 Å². The summed E-state index contributed by atoms with van der Waals surface area (Å²) >= 11 is 0. The summed E-state index contributed by atoms with van der Waals surface area (Å²) in [5.74, 6) is 0.633. The van der Waals surface area contributed by atoms with Gasteiger partial charge in [-0.2, -0.15) is 0 Å². The predicted octanol–water partition coefficient (Wildman–Crippen LogP) is 4.39. The molecule has 0 radical (unpaired) electrons. The Labute approximate surface area is 121 Å². The molecule has 1 aliphatic heterocycles. The smallest absolute Gasteiger partial charge is 0.0708 e. The standard InChI is InChI=1S/C18H23NO/c1-4-14-9-12(2)19-18-6-5-15(11-17(14)18)16-7-8-20-13(3)10-16/h5-6,9,11,13,16H,4,7-8,10H2,1-3H3. The van der Waals surface area contributed by atoms with E-state index in [1.165, 1.54) is 16.5 Å². The Bertz CT molecular complexity index is 620. The van der Waals surface area contributed by atoms with Crippen LogP contribution in [0.1, 0.15) is 49.4 Å². The topological polar surface area (TPSA) is 22.1 Å². The summed E-state index contributed by atoms with van der Waals surface area (Å²) in [5.41, 5.74) is 5.11. The molecule has 20 heavy (non-hydrogen) atoms. The van der Waals surface area contributed by atoms with Crippen molar-refractivity contribution in [3.05, 3.63) is 41.1 Å². The monoisotopic (exact) mass is 269 g/mol. The highest BCUT2D eigenvalue weighted by molar-refractivity contribution is 5.83. The van der Waals surface area contributed by atoms with E-state index in [1.54, 1.807) is 0 Å². The van der Waals surface area contributed by atoms with Gasteiger partial charge in [-0.25, -0.2) is 0 Å². The fourth-order valence-corrected chi connectivity index (χ4v) is 3.31. The van der Waals surface area contributed by atoms with Gasteiger partial charge in [-0.15, -0.1) is 0 Å². The minimum Gasteiger partial charge on any atom is -0.378 e. The van der Waals surface area contributed by atoms with E-state index in [9.17, 15) is 0 Å². The first-order valence-corrected chi connectivity index (χ1v) is 7.69. The Kier molecular flexibility index (Phi) is 3.75. The van der Waals surface area contributed by atoms with Gasteiger partial charge in [-0.1, -0.05) is 13.0 Å². The van der Waals surface area contributed by atoms with Crippen LogP contribution in [0.25, 0.3) is 10.9 Å². The molecule has 1 fully saturated rings. The molecular weight excluding hydrogens is 246 g/mol. The molecule has 2 heterocycles. The van der Waals surface area contributed by atoms with Gasteiger partial charge in [-0.05, 0) is 68.4 Å². The largest absolute Gasteiger partial charge is 0.378 e. The van der Waals surface area contributed by atoms with E-state index in [1.807, 2.05) is 0 Å². The number of fused-ring (bicyclic) bond motifs is 1. The third-order valence-corrected chi connectivity index (χ3v) is 4.38. The Morgan fingerprint density at radius 3 is 2.90 bits per heavy atom. The van der Waals surface area contributed by atoms with Crippen molar-refractivity contribution in [2.45, 2.75) is 52.1 Å². The van der Waals surface area contributed by atoms with Crippen LogP contribution in [0.4, 0.5) is 0 Å². The summed E-state index contributed by atoms with van der Waals surface area (Å²) in [5, 5.41) is 1.33. The predicted molar refractivity (Wildman–Crippen MR) is 83.2 cm³/mol. The highest BCUT2D eigenvalue weighted by Crippen LogP contribution is 2.32. The molecule has 0 spiro atoms. The second-order valence-corrected chi connectivity index (χ2v) is 5.96. The van der Waals surface area contributed by atoms with E-state index < -0.39 is 0 Å². The summed E-state index contributed by atoms with van der Waals surface area (Å²) in [6.45, 7) is 7.36. The Balaban J connectivity index is 2.03. The molecule has 2 atom stereocenters. The Morgan fingerprint density at radius 2 is 2.15 bits per heavy atom. The van der Waals surface area contributed by atoms with Gasteiger partial charge in [0, 0.05) is 17.7 Å². The number of rotatable bonds is 2. The third kappa shape index (κ3) is 2.57. The van der Waals surface area contributed by atoms with Crippen molar-refractivity contribution in [3.8, 4) is 0 Å². The van der Waals surface area contributed by atoms with Gasteiger partial charge in [0.2, 0.25) is 0 Å². The van der Waals surface area contributed by atoms with E-state index in [2.05, 4.69) is 50.0 Å². The molecule has 1 aliphatic rings.